The number of benzene rings is 1. The summed E-state index contributed by atoms with van der Waals surface area (Å²) in [4.78, 5) is 25.6. The van der Waals surface area contributed by atoms with Crippen molar-refractivity contribution in [1.82, 2.24) is 0 Å². The number of carbonyl (C=O) groups excluding carboxylic acids is 2. The molecule has 0 spiro atoms. The fourth-order valence-electron chi connectivity index (χ4n) is 8.17. The van der Waals surface area contributed by atoms with E-state index >= 15 is 0 Å². The third-order valence-electron chi connectivity index (χ3n) is 10.5. The fraction of sp³-hybridized carbons (Fsp3) is 0.613. The molecule has 2 unspecified atom stereocenters. The van der Waals surface area contributed by atoms with Crippen LogP contribution in [0.2, 0.25) is 0 Å². The van der Waals surface area contributed by atoms with Gasteiger partial charge in [0.1, 0.15) is 0 Å². The number of carbonyl (C=O) groups is 2. The quantitative estimate of drug-likeness (QED) is 0.520. The third kappa shape index (κ3) is 3.71. The Balaban J connectivity index is 1.27. The van der Waals surface area contributed by atoms with Gasteiger partial charge in [0.05, 0.1) is 11.5 Å². The first kappa shape index (κ1) is 23.4. The number of allylic oxidation sites excluding steroid dienone is 4. The minimum absolute atomic E-state index is 0.0913. The Morgan fingerprint density at radius 1 is 1.06 bits per heavy atom. The molecule has 5 atom stereocenters. The smallest absolute Gasteiger partial charge is 0.165 e. The molecule has 5 aliphatic rings. The number of hydrogen-bond donors (Lipinski definition) is 2. The first-order valence-corrected chi connectivity index (χ1v) is 13.8. The van der Waals surface area contributed by atoms with E-state index in [0.29, 0.717) is 24.7 Å². The van der Waals surface area contributed by atoms with Gasteiger partial charge >= 0.3 is 0 Å². The number of aliphatic hydroxyl groups excluding tert-OH is 1. The van der Waals surface area contributed by atoms with Crippen molar-refractivity contribution in [2.24, 2.45) is 23.2 Å². The predicted molar refractivity (Wildman–Crippen MR) is 135 cm³/mol. The van der Waals surface area contributed by atoms with Gasteiger partial charge in [0, 0.05) is 18.1 Å². The van der Waals surface area contributed by atoms with Gasteiger partial charge in [-0.3, -0.25) is 9.59 Å². The summed E-state index contributed by atoms with van der Waals surface area (Å²) in [6.07, 6.45) is 12.0. The van der Waals surface area contributed by atoms with Crippen LogP contribution in [0, 0.1) is 23.2 Å². The lowest BCUT2D eigenvalue weighted by molar-refractivity contribution is -0.116. The van der Waals surface area contributed by atoms with E-state index in [9.17, 15) is 19.8 Å². The summed E-state index contributed by atoms with van der Waals surface area (Å²) in [6, 6.07) is 7.83. The average Bonchev–Trinajstić information content (AvgIpc) is 3.67. The average molecular weight is 475 g/mol. The van der Waals surface area contributed by atoms with Crippen LogP contribution in [0.25, 0.3) is 0 Å². The van der Waals surface area contributed by atoms with Crippen LogP contribution in [-0.2, 0) is 4.79 Å². The lowest BCUT2D eigenvalue weighted by Gasteiger charge is -2.52. The van der Waals surface area contributed by atoms with Crippen molar-refractivity contribution in [3.8, 4) is 0 Å². The summed E-state index contributed by atoms with van der Waals surface area (Å²) in [6.45, 7) is 2.44. The lowest BCUT2D eigenvalue weighted by Crippen LogP contribution is -2.49. The van der Waals surface area contributed by atoms with Gasteiger partial charge < -0.3 is 10.2 Å². The zero-order valence-electron chi connectivity index (χ0n) is 20.9. The topological polar surface area (TPSA) is 74.6 Å². The van der Waals surface area contributed by atoms with Crippen LogP contribution in [0.1, 0.15) is 99.4 Å². The molecule has 0 amide bonds. The Morgan fingerprint density at radius 2 is 1.83 bits per heavy atom. The number of aliphatic hydroxyl groups is 2. The van der Waals surface area contributed by atoms with E-state index in [4.69, 9.17) is 0 Å². The molecule has 0 saturated heterocycles. The van der Waals surface area contributed by atoms with Gasteiger partial charge in [0.15, 0.2) is 11.6 Å². The largest absolute Gasteiger partial charge is 0.396 e. The second kappa shape index (κ2) is 8.52. The highest BCUT2D eigenvalue weighted by atomic mass is 16.3. The van der Waals surface area contributed by atoms with Crippen LogP contribution >= 0.6 is 0 Å². The van der Waals surface area contributed by atoms with Crippen LogP contribution in [0.3, 0.4) is 0 Å². The maximum Gasteiger partial charge on any atom is 0.165 e. The molecule has 2 N–H and O–H groups in total. The Kier molecular flexibility index (Phi) is 5.69. The van der Waals surface area contributed by atoms with Crippen LogP contribution in [0.5, 0.6) is 0 Å². The zero-order valence-corrected chi connectivity index (χ0v) is 20.9. The first-order chi connectivity index (χ1) is 16.8. The van der Waals surface area contributed by atoms with E-state index in [1.165, 1.54) is 11.1 Å². The molecule has 0 radical (unpaired) electrons. The maximum absolute atomic E-state index is 13.1. The van der Waals surface area contributed by atoms with Gasteiger partial charge in [0.2, 0.25) is 0 Å². The SMILES string of the molecule is C[C@]12CCC3=C4CC(c5ccc(C(=O)C6CC6)cc5)C(=O)C=C4CC[C@H]3[C@@H]1CCC2(O)CCCO. The standard InChI is InChI=1S/C31H38O4/c1-30-14-11-23-24(27(30)12-15-31(30,35)13-2-16-32)10-9-22-17-28(33)26(18-25(22)23)19-3-5-20(6-4-19)29(34)21-7-8-21/h3-6,17,21,24,26-27,32,35H,2,7-16,18H2,1H3/t24-,26?,27+,30+,31?/m1/s1. The van der Waals surface area contributed by atoms with Crippen LogP contribution in [0.15, 0.2) is 47.1 Å². The van der Waals surface area contributed by atoms with Crippen molar-refractivity contribution in [1.29, 1.82) is 0 Å². The van der Waals surface area contributed by atoms with Gasteiger partial charge in [-0.25, -0.2) is 0 Å². The van der Waals surface area contributed by atoms with Gasteiger partial charge in [0.25, 0.3) is 0 Å². The van der Waals surface area contributed by atoms with Gasteiger partial charge in [-0.05, 0) is 111 Å². The number of Topliss-reactive ketones (excluding diaryl/α,β-unsaturated/α-hetero) is 1. The number of ketones is 2. The molecular formula is C31H38O4. The molecule has 0 heterocycles. The lowest BCUT2D eigenvalue weighted by atomic mass is 9.54. The van der Waals surface area contributed by atoms with Crippen molar-refractivity contribution in [3.05, 3.63) is 58.2 Å². The van der Waals surface area contributed by atoms with Crippen molar-refractivity contribution < 1.29 is 19.8 Å². The van der Waals surface area contributed by atoms with E-state index in [1.807, 2.05) is 30.3 Å². The molecule has 3 saturated carbocycles. The molecule has 1 aromatic rings. The molecular weight excluding hydrogens is 436 g/mol. The highest BCUT2D eigenvalue weighted by Crippen LogP contribution is 2.64. The van der Waals surface area contributed by atoms with Crippen molar-refractivity contribution in [2.75, 3.05) is 6.61 Å². The van der Waals surface area contributed by atoms with Crippen molar-refractivity contribution in [3.63, 3.8) is 0 Å². The van der Waals surface area contributed by atoms with Gasteiger partial charge in [-0.15, -0.1) is 0 Å². The molecule has 6 rings (SSSR count). The number of rotatable bonds is 6. The molecule has 0 aromatic heterocycles. The van der Waals surface area contributed by atoms with E-state index < -0.39 is 5.60 Å². The number of fused-ring (bicyclic) bond motifs is 4. The van der Waals surface area contributed by atoms with Gasteiger partial charge in [-0.1, -0.05) is 36.8 Å². The third-order valence-corrected chi connectivity index (χ3v) is 10.5. The first-order valence-electron chi connectivity index (χ1n) is 13.8. The molecule has 35 heavy (non-hydrogen) atoms. The summed E-state index contributed by atoms with van der Waals surface area (Å²) in [5.41, 5.74) is 5.25. The van der Waals surface area contributed by atoms with Gasteiger partial charge in [-0.2, -0.15) is 0 Å². The summed E-state index contributed by atoms with van der Waals surface area (Å²) < 4.78 is 0. The summed E-state index contributed by atoms with van der Waals surface area (Å²) in [5, 5.41) is 21.0. The van der Waals surface area contributed by atoms with Crippen LogP contribution in [-0.4, -0.2) is 34.0 Å². The molecule has 0 aliphatic heterocycles. The minimum atomic E-state index is -0.669. The second-order valence-electron chi connectivity index (χ2n) is 12.2. The van der Waals surface area contributed by atoms with E-state index in [2.05, 4.69) is 6.92 Å². The van der Waals surface area contributed by atoms with Crippen molar-refractivity contribution >= 4 is 11.6 Å². The molecule has 4 heteroatoms. The molecule has 1 aromatic carbocycles. The summed E-state index contributed by atoms with van der Waals surface area (Å²) >= 11 is 0. The monoisotopic (exact) mass is 474 g/mol. The van der Waals surface area contributed by atoms with Crippen LogP contribution in [0.4, 0.5) is 0 Å². The molecule has 3 fully saturated rings. The van der Waals surface area contributed by atoms with E-state index in [-0.39, 0.29) is 35.4 Å². The highest BCUT2D eigenvalue weighted by molar-refractivity contribution is 6.00. The predicted octanol–water partition coefficient (Wildman–Crippen LogP) is 5.68. The van der Waals surface area contributed by atoms with Crippen LogP contribution < -0.4 is 0 Å². The Labute approximate surface area is 208 Å². The Bertz CT molecular complexity index is 1110. The second-order valence-corrected chi connectivity index (χ2v) is 12.2. The fourth-order valence-corrected chi connectivity index (χ4v) is 8.17. The Morgan fingerprint density at radius 3 is 2.54 bits per heavy atom. The molecule has 4 nitrogen and oxygen atoms in total. The zero-order chi connectivity index (χ0) is 24.4. The summed E-state index contributed by atoms with van der Waals surface area (Å²) in [7, 11) is 0. The number of hydrogen-bond acceptors (Lipinski definition) is 4. The molecule has 5 aliphatic carbocycles. The van der Waals surface area contributed by atoms with E-state index in [1.54, 1.807) is 5.57 Å². The summed E-state index contributed by atoms with van der Waals surface area (Å²) in [5.74, 6) is 1.47. The Hall–Kier alpha value is -2.04. The minimum Gasteiger partial charge on any atom is -0.396 e. The van der Waals surface area contributed by atoms with E-state index in [0.717, 1.165) is 68.9 Å². The maximum atomic E-state index is 13.1. The molecule has 186 valence electrons. The highest BCUT2D eigenvalue weighted by Gasteiger charge is 2.60. The van der Waals surface area contributed by atoms with Crippen molar-refractivity contribution in [2.45, 2.75) is 89.1 Å². The normalized spacial score (nSPS) is 36.4. The molecule has 0 bridgehead atoms.